The summed E-state index contributed by atoms with van der Waals surface area (Å²) in [4.78, 5) is 15.4. The molecule has 0 amide bonds. The van der Waals surface area contributed by atoms with E-state index < -0.39 is 0 Å². The van der Waals surface area contributed by atoms with Crippen LogP contribution < -0.4 is 4.74 Å². The highest BCUT2D eigenvalue weighted by Gasteiger charge is 2.11. The maximum Gasteiger partial charge on any atom is 0.243 e. The van der Waals surface area contributed by atoms with Gasteiger partial charge in [-0.05, 0) is 30.9 Å². The molecule has 0 bridgehead atoms. The molecule has 0 aromatic carbocycles. The van der Waals surface area contributed by atoms with E-state index in [2.05, 4.69) is 18.8 Å². The van der Waals surface area contributed by atoms with Crippen LogP contribution >= 0.6 is 0 Å². The zero-order chi connectivity index (χ0) is 13.0. The van der Waals surface area contributed by atoms with Gasteiger partial charge in [-0.1, -0.05) is 19.9 Å². The molecule has 0 saturated carbocycles. The van der Waals surface area contributed by atoms with Crippen LogP contribution in [0.2, 0.25) is 0 Å². The minimum Gasteiger partial charge on any atom is -0.476 e. The summed E-state index contributed by atoms with van der Waals surface area (Å²) < 4.78 is 7.34. The van der Waals surface area contributed by atoms with Crippen LogP contribution in [0.1, 0.15) is 37.2 Å². The average Bonchev–Trinajstić information content (AvgIpc) is 2.71. The average molecular weight is 246 g/mol. The van der Waals surface area contributed by atoms with Gasteiger partial charge in [-0.15, -0.1) is 0 Å². The third-order valence-electron chi connectivity index (χ3n) is 2.81. The van der Waals surface area contributed by atoms with Crippen LogP contribution in [0.4, 0.5) is 0 Å². The van der Waals surface area contributed by atoms with Crippen molar-refractivity contribution in [2.45, 2.75) is 26.7 Å². The Morgan fingerprint density at radius 2 is 2.28 bits per heavy atom. The van der Waals surface area contributed by atoms with Gasteiger partial charge < -0.3 is 4.74 Å². The van der Waals surface area contributed by atoms with Crippen LogP contribution in [0, 0.1) is 5.92 Å². The molecule has 0 aliphatic heterocycles. The number of hydrogen-bond acceptors (Lipinski definition) is 3. The fourth-order valence-electron chi connectivity index (χ4n) is 1.87. The Labute approximate surface area is 107 Å². The van der Waals surface area contributed by atoms with E-state index in [1.165, 1.54) is 0 Å². The number of ether oxygens (including phenoxy) is 1. The number of carbonyl (C=O) groups excluding carboxylic acids is 1. The molecule has 0 atom stereocenters. The van der Waals surface area contributed by atoms with Gasteiger partial charge in [0.15, 0.2) is 6.29 Å². The Morgan fingerprint density at radius 1 is 1.44 bits per heavy atom. The number of nitrogens with zero attached hydrogens (tertiary/aromatic N) is 2. The van der Waals surface area contributed by atoms with E-state index in [9.17, 15) is 4.79 Å². The number of rotatable bonds is 6. The molecule has 2 heterocycles. The Bertz CT molecular complexity index is 532. The minimum atomic E-state index is 0.431. The molecule has 2 aromatic rings. The third kappa shape index (κ3) is 2.70. The molecule has 2 rings (SSSR count). The van der Waals surface area contributed by atoms with Crippen LogP contribution in [0.5, 0.6) is 5.88 Å². The van der Waals surface area contributed by atoms with Crippen LogP contribution in [0.3, 0.4) is 0 Å². The van der Waals surface area contributed by atoms with Crippen molar-refractivity contribution in [3.8, 4) is 5.88 Å². The molecule has 0 unspecified atom stereocenters. The van der Waals surface area contributed by atoms with Gasteiger partial charge in [-0.25, -0.2) is 0 Å². The van der Waals surface area contributed by atoms with Crippen molar-refractivity contribution >= 4 is 11.9 Å². The first-order valence-electron chi connectivity index (χ1n) is 6.27. The number of pyridine rings is 1. The third-order valence-corrected chi connectivity index (χ3v) is 2.81. The summed E-state index contributed by atoms with van der Waals surface area (Å²) in [6.45, 7) is 4.96. The summed E-state index contributed by atoms with van der Waals surface area (Å²) in [7, 11) is 0. The number of hydrogen-bond donors (Lipinski definition) is 0. The first kappa shape index (κ1) is 12.6. The minimum absolute atomic E-state index is 0.431. The van der Waals surface area contributed by atoms with Gasteiger partial charge in [0.05, 0.1) is 6.61 Å². The molecule has 0 aliphatic rings. The Balaban J connectivity index is 2.10. The van der Waals surface area contributed by atoms with E-state index in [0.29, 0.717) is 24.1 Å². The molecule has 4 nitrogen and oxygen atoms in total. The summed E-state index contributed by atoms with van der Waals surface area (Å²) in [5.41, 5.74) is 1.22. The zero-order valence-electron chi connectivity index (χ0n) is 10.8. The SMILES string of the molecule is CC(C)CCCOc1nc2ccccn2c1C=O. The van der Waals surface area contributed by atoms with E-state index in [4.69, 9.17) is 4.74 Å². The lowest BCUT2D eigenvalue weighted by Crippen LogP contribution is -2.02. The number of fused-ring (bicyclic) bond motifs is 1. The molecule has 18 heavy (non-hydrogen) atoms. The molecule has 0 fully saturated rings. The molecule has 4 heteroatoms. The summed E-state index contributed by atoms with van der Waals surface area (Å²) in [6, 6.07) is 5.61. The summed E-state index contributed by atoms with van der Waals surface area (Å²) >= 11 is 0. The molecule has 0 aliphatic carbocycles. The molecular formula is C14H18N2O2. The molecule has 2 aromatic heterocycles. The standard InChI is InChI=1S/C14H18N2O2/c1-11(2)6-5-9-18-14-12(10-17)16-8-4-3-7-13(16)15-14/h3-4,7-8,10-11H,5-6,9H2,1-2H3. The maximum absolute atomic E-state index is 11.1. The van der Waals surface area contributed by atoms with E-state index >= 15 is 0 Å². The van der Waals surface area contributed by atoms with Gasteiger partial charge in [0.2, 0.25) is 5.88 Å². The number of aromatic nitrogens is 2. The van der Waals surface area contributed by atoms with Crippen molar-refractivity contribution in [3.05, 3.63) is 30.1 Å². The Morgan fingerprint density at radius 3 is 3.00 bits per heavy atom. The zero-order valence-corrected chi connectivity index (χ0v) is 10.8. The molecule has 0 radical (unpaired) electrons. The predicted octanol–water partition coefficient (Wildman–Crippen LogP) is 2.96. The predicted molar refractivity (Wildman–Crippen MR) is 70.1 cm³/mol. The van der Waals surface area contributed by atoms with Crippen LogP contribution in [-0.2, 0) is 0 Å². The normalized spacial score (nSPS) is 11.1. The topological polar surface area (TPSA) is 43.6 Å². The molecule has 96 valence electrons. The molecule has 0 N–H and O–H groups in total. The van der Waals surface area contributed by atoms with Gasteiger partial charge >= 0.3 is 0 Å². The van der Waals surface area contributed by atoms with Crippen LogP contribution in [0.15, 0.2) is 24.4 Å². The smallest absolute Gasteiger partial charge is 0.243 e. The highest BCUT2D eigenvalue weighted by atomic mass is 16.5. The van der Waals surface area contributed by atoms with Crippen molar-refractivity contribution in [2.24, 2.45) is 5.92 Å². The quantitative estimate of drug-likeness (QED) is 0.581. The number of imidazole rings is 1. The first-order valence-corrected chi connectivity index (χ1v) is 6.27. The highest BCUT2D eigenvalue weighted by Crippen LogP contribution is 2.18. The van der Waals surface area contributed by atoms with Crippen molar-refractivity contribution < 1.29 is 9.53 Å². The van der Waals surface area contributed by atoms with Crippen LogP contribution in [0.25, 0.3) is 5.65 Å². The lowest BCUT2D eigenvalue weighted by atomic mass is 10.1. The maximum atomic E-state index is 11.1. The fraction of sp³-hybridized carbons (Fsp3) is 0.429. The van der Waals surface area contributed by atoms with Gasteiger partial charge in [-0.2, -0.15) is 4.98 Å². The van der Waals surface area contributed by atoms with Crippen molar-refractivity contribution in [2.75, 3.05) is 6.61 Å². The van der Waals surface area contributed by atoms with Gasteiger partial charge in [0.25, 0.3) is 0 Å². The molecular weight excluding hydrogens is 228 g/mol. The van der Waals surface area contributed by atoms with Gasteiger partial charge in [0.1, 0.15) is 11.3 Å². The van der Waals surface area contributed by atoms with Crippen molar-refractivity contribution in [1.82, 2.24) is 9.38 Å². The summed E-state index contributed by atoms with van der Waals surface area (Å²) in [6.07, 6.45) is 4.69. The Kier molecular flexibility index (Phi) is 3.97. The molecule has 0 spiro atoms. The van der Waals surface area contributed by atoms with Crippen LogP contribution in [-0.4, -0.2) is 22.3 Å². The van der Waals surface area contributed by atoms with E-state index in [1.54, 1.807) is 4.40 Å². The summed E-state index contributed by atoms with van der Waals surface area (Å²) in [5, 5.41) is 0. The number of aldehydes is 1. The summed E-state index contributed by atoms with van der Waals surface area (Å²) in [5.74, 6) is 1.10. The number of carbonyl (C=O) groups is 1. The van der Waals surface area contributed by atoms with Crippen molar-refractivity contribution in [3.63, 3.8) is 0 Å². The monoisotopic (exact) mass is 246 g/mol. The lowest BCUT2D eigenvalue weighted by Gasteiger charge is -2.05. The van der Waals surface area contributed by atoms with E-state index in [-0.39, 0.29) is 0 Å². The first-order chi connectivity index (χ1) is 8.72. The van der Waals surface area contributed by atoms with E-state index in [0.717, 1.165) is 24.8 Å². The second-order valence-electron chi connectivity index (χ2n) is 4.73. The van der Waals surface area contributed by atoms with Gasteiger partial charge in [-0.3, -0.25) is 9.20 Å². The van der Waals surface area contributed by atoms with Crippen molar-refractivity contribution in [1.29, 1.82) is 0 Å². The highest BCUT2D eigenvalue weighted by molar-refractivity contribution is 5.78. The molecule has 0 saturated heterocycles. The fourth-order valence-corrected chi connectivity index (χ4v) is 1.87. The second kappa shape index (κ2) is 5.67. The largest absolute Gasteiger partial charge is 0.476 e. The Hall–Kier alpha value is -1.84. The van der Waals surface area contributed by atoms with E-state index in [1.807, 2.05) is 24.4 Å². The van der Waals surface area contributed by atoms with Gasteiger partial charge in [0, 0.05) is 6.20 Å². The lowest BCUT2D eigenvalue weighted by molar-refractivity contribution is 0.111. The second-order valence-corrected chi connectivity index (χ2v) is 4.73.